The molecule has 0 radical (unpaired) electrons. The van der Waals surface area contributed by atoms with Gasteiger partial charge >= 0.3 is 0 Å². The van der Waals surface area contributed by atoms with Crippen LogP contribution in [-0.4, -0.2) is 10.1 Å². The Morgan fingerprint density at radius 3 is 2.33 bits per heavy atom. The highest BCUT2D eigenvalue weighted by Crippen LogP contribution is 2.28. The summed E-state index contributed by atoms with van der Waals surface area (Å²) in [6, 6.07) is -0.171. The Morgan fingerprint density at radius 2 is 2.00 bits per heavy atom. The molecule has 68 valence electrons. The molecule has 4 heteroatoms. The largest absolute Gasteiger partial charge is 0.340 e. The summed E-state index contributed by atoms with van der Waals surface area (Å²) in [5.74, 6) is 1.14. The lowest BCUT2D eigenvalue weighted by Crippen LogP contribution is -2.27. The van der Waals surface area contributed by atoms with Crippen LogP contribution in [0.15, 0.2) is 4.52 Å². The van der Waals surface area contributed by atoms with Gasteiger partial charge in [-0.2, -0.15) is 4.98 Å². The second-order valence-electron chi connectivity index (χ2n) is 4.02. The van der Waals surface area contributed by atoms with Crippen LogP contribution in [0.1, 0.15) is 38.5 Å². The Balaban J connectivity index is 2.85. The van der Waals surface area contributed by atoms with Crippen LogP contribution in [0.4, 0.5) is 0 Å². The van der Waals surface area contributed by atoms with E-state index in [1.54, 1.807) is 6.92 Å². The van der Waals surface area contributed by atoms with Crippen molar-refractivity contribution < 1.29 is 4.52 Å². The molecule has 4 nitrogen and oxygen atoms in total. The molecule has 0 saturated heterocycles. The Morgan fingerprint density at radius 1 is 1.42 bits per heavy atom. The maximum Gasteiger partial charge on any atom is 0.223 e. The van der Waals surface area contributed by atoms with E-state index < -0.39 is 0 Å². The van der Waals surface area contributed by atoms with Crippen LogP contribution in [0.2, 0.25) is 0 Å². The van der Waals surface area contributed by atoms with Gasteiger partial charge in [0, 0.05) is 6.92 Å². The fourth-order valence-corrected chi connectivity index (χ4v) is 0.829. The van der Waals surface area contributed by atoms with Gasteiger partial charge in [-0.1, -0.05) is 25.9 Å². The molecule has 0 aromatic carbocycles. The highest BCUT2D eigenvalue weighted by Gasteiger charge is 2.26. The number of nitrogens with two attached hydrogens (primary N) is 1. The lowest BCUT2D eigenvalue weighted by molar-refractivity contribution is 0.301. The van der Waals surface area contributed by atoms with Gasteiger partial charge in [-0.15, -0.1) is 0 Å². The minimum absolute atomic E-state index is 0.0314. The van der Waals surface area contributed by atoms with Crippen molar-refractivity contribution in [2.75, 3.05) is 0 Å². The molecule has 0 bridgehead atoms. The molecule has 1 unspecified atom stereocenters. The van der Waals surface area contributed by atoms with Gasteiger partial charge in [-0.25, -0.2) is 0 Å². The molecular weight excluding hydrogens is 154 g/mol. The zero-order chi connectivity index (χ0) is 9.35. The van der Waals surface area contributed by atoms with Crippen LogP contribution in [-0.2, 0) is 0 Å². The number of hydrogen-bond donors (Lipinski definition) is 1. The number of hydrogen-bond acceptors (Lipinski definition) is 4. The minimum atomic E-state index is -0.171. The second-order valence-corrected chi connectivity index (χ2v) is 4.02. The zero-order valence-electron chi connectivity index (χ0n) is 7.96. The van der Waals surface area contributed by atoms with E-state index in [9.17, 15) is 0 Å². The predicted molar refractivity (Wildman–Crippen MR) is 45.4 cm³/mol. The third-order valence-electron chi connectivity index (χ3n) is 1.75. The molecule has 1 rings (SSSR count). The van der Waals surface area contributed by atoms with Crippen LogP contribution in [0, 0.1) is 12.3 Å². The SMILES string of the molecule is Cc1nc(C(N)C(C)(C)C)no1. The average Bonchev–Trinajstić information content (AvgIpc) is 2.32. The average molecular weight is 169 g/mol. The molecule has 0 saturated carbocycles. The van der Waals surface area contributed by atoms with E-state index in [1.165, 1.54) is 0 Å². The number of nitrogens with zero attached hydrogens (tertiary/aromatic N) is 2. The first-order valence-electron chi connectivity index (χ1n) is 3.97. The molecule has 0 fully saturated rings. The molecular formula is C8H15N3O. The van der Waals surface area contributed by atoms with Gasteiger partial charge in [0.15, 0.2) is 5.82 Å². The van der Waals surface area contributed by atoms with Gasteiger partial charge in [0.05, 0.1) is 6.04 Å². The molecule has 0 aliphatic heterocycles. The summed E-state index contributed by atoms with van der Waals surface area (Å²) in [6.45, 7) is 7.89. The molecule has 0 aliphatic rings. The van der Waals surface area contributed by atoms with Gasteiger partial charge in [-0.3, -0.25) is 0 Å². The van der Waals surface area contributed by atoms with Crippen molar-refractivity contribution >= 4 is 0 Å². The quantitative estimate of drug-likeness (QED) is 0.690. The van der Waals surface area contributed by atoms with E-state index in [1.807, 2.05) is 20.8 Å². The first-order chi connectivity index (χ1) is 5.41. The van der Waals surface area contributed by atoms with Crippen molar-refractivity contribution in [1.82, 2.24) is 10.1 Å². The van der Waals surface area contributed by atoms with Gasteiger partial charge in [0.1, 0.15) is 0 Å². The van der Waals surface area contributed by atoms with Crippen molar-refractivity contribution in [1.29, 1.82) is 0 Å². The van der Waals surface area contributed by atoms with Crippen molar-refractivity contribution in [3.8, 4) is 0 Å². The third-order valence-corrected chi connectivity index (χ3v) is 1.75. The topological polar surface area (TPSA) is 64.9 Å². The van der Waals surface area contributed by atoms with Crippen molar-refractivity contribution in [2.24, 2.45) is 11.1 Å². The second kappa shape index (κ2) is 2.86. The van der Waals surface area contributed by atoms with Gasteiger partial charge in [0.25, 0.3) is 0 Å². The standard InChI is InChI=1S/C8H15N3O/c1-5-10-7(11-12-5)6(9)8(2,3)4/h6H,9H2,1-4H3. The van der Waals surface area contributed by atoms with Crippen LogP contribution in [0.5, 0.6) is 0 Å². The summed E-state index contributed by atoms with van der Waals surface area (Å²) >= 11 is 0. The molecule has 0 spiro atoms. The fraction of sp³-hybridized carbons (Fsp3) is 0.750. The third kappa shape index (κ3) is 1.82. The molecule has 12 heavy (non-hydrogen) atoms. The molecule has 1 atom stereocenters. The van der Waals surface area contributed by atoms with Crippen molar-refractivity contribution in [3.63, 3.8) is 0 Å². The fourth-order valence-electron chi connectivity index (χ4n) is 0.829. The Bertz CT molecular complexity index is 262. The molecule has 1 aromatic rings. The Hall–Kier alpha value is -0.900. The highest BCUT2D eigenvalue weighted by atomic mass is 16.5. The minimum Gasteiger partial charge on any atom is -0.340 e. The van der Waals surface area contributed by atoms with E-state index in [-0.39, 0.29) is 11.5 Å². The Labute approximate surface area is 72.1 Å². The summed E-state index contributed by atoms with van der Waals surface area (Å²) in [5, 5.41) is 3.77. The number of rotatable bonds is 1. The van der Waals surface area contributed by atoms with E-state index in [2.05, 4.69) is 10.1 Å². The summed E-state index contributed by atoms with van der Waals surface area (Å²) in [6.07, 6.45) is 0. The lowest BCUT2D eigenvalue weighted by atomic mass is 9.87. The van der Waals surface area contributed by atoms with Crippen molar-refractivity contribution in [3.05, 3.63) is 11.7 Å². The summed E-state index contributed by atoms with van der Waals surface area (Å²) in [7, 11) is 0. The maximum atomic E-state index is 5.90. The highest BCUT2D eigenvalue weighted by molar-refractivity contribution is 4.96. The van der Waals surface area contributed by atoms with Crippen LogP contribution in [0.3, 0.4) is 0 Å². The molecule has 1 aromatic heterocycles. The van der Waals surface area contributed by atoms with Gasteiger partial charge in [0.2, 0.25) is 5.89 Å². The van der Waals surface area contributed by atoms with Gasteiger partial charge in [-0.05, 0) is 5.41 Å². The molecule has 0 aliphatic carbocycles. The summed E-state index contributed by atoms with van der Waals surface area (Å²) in [4.78, 5) is 4.07. The lowest BCUT2D eigenvalue weighted by Gasteiger charge is -2.23. The van der Waals surface area contributed by atoms with E-state index in [4.69, 9.17) is 10.3 Å². The molecule has 0 amide bonds. The first kappa shape index (κ1) is 9.19. The smallest absolute Gasteiger partial charge is 0.223 e. The maximum absolute atomic E-state index is 5.90. The molecule has 1 heterocycles. The normalized spacial score (nSPS) is 14.8. The van der Waals surface area contributed by atoms with Gasteiger partial charge < -0.3 is 10.3 Å². The monoisotopic (exact) mass is 169 g/mol. The van der Waals surface area contributed by atoms with Crippen molar-refractivity contribution in [2.45, 2.75) is 33.7 Å². The molecule has 2 N–H and O–H groups in total. The Kier molecular flexibility index (Phi) is 2.19. The zero-order valence-corrected chi connectivity index (χ0v) is 7.96. The predicted octanol–water partition coefficient (Wildman–Crippen LogP) is 1.42. The van der Waals surface area contributed by atoms with Crippen LogP contribution in [0.25, 0.3) is 0 Å². The van der Waals surface area contributed by atoms with Crippen LogP contribution < -0.4 is 5.73 Å². The van der Waals surface area contributed by atoms with Crippen LogP contribution >= 0.6 is 0 Å². The number of aromatic nitrogens is 2. The number of aryl methyl sites for hydroxylation is 1. The van der Waals surface area contributed by atoms with E-state index >= 15 is 0 Å². The summed E-state index contributed by atoms with van der Waals surface area (Å²) in [5.41, 5.74) is 5.87. The van der Waals surface area contributed by atoms with E-state index in [0.717, 1.165) is 0 Å². The van der Waals surface area contributed by atoms with E-state index in [0.29, 0.717) is 11.7 Å². The first-order valence-corrected chi connectivity index (χ1v) is 3.97. The summed E-state index contributed by atoms with van der Waals surface area (Å²) < 4.78 is 4.84.